The van der Waals surface area contributed by atoms with E-state index in [-0.39, 0.29) is 5.91 Å². The number of nitrogens with zero attached hydrogens (tertiary/aromatic N) is 1. The van der Waals surface area contributed by atoms with Crippen LogP contribution < -0.4 is 10.1 Å². The maximum Gasteiger partial charge on any atom is 0.250 e. The number of benzene rings is 1. The zero-order chi connectivity index (χ0) is 16.7. The van der Waals surface area contributed by atoms with Crippen molar-refractivity contribution in [3.63, 3.8) is 0 Å². The van der Waals surface area contributed by atoms with Gasteiger partial charge >= 0.3 is 0 Å². The molecule has 0 aliphatic rings. The minimum atomic E-state index is -0.180. The van der Waals surface area contributed by atoms with Gasteiger partial charge in [-0.1, -0.05) is 32.9 Å². The Kier molecular flexibility index (Phi) is 6.35. The molecular formula is C18H22N2O2S. The van der Waals surface area contributed by atoms with Crippen LogP contribution in [0.4, 0.5) is 5.13 Å². The van der Waals surface area contributed by atoms with E-state index in [1.165, 1.54) is 17.4 Å². The number of hydrogen-bond acceptors (Lipinski definition) is 4. The lowest BCUT2D eigenvalue weighted by atomic mass is 10.2. The molecule has 4 nitrogen and oxygen atoms in total. The highest BCUT2D eigenvalue weighted by Gasteiger charge is 2.06. The quantitative estimate of drug-likeness (QED) is 0.748. The van der Waals surface area contributed by atoms with Gasteiger partial charge in [0.05, 0.1) is 12.3 Å². The van der Waals surface area contributed by atoms with Gasteiger partial charge in [-0.05, 0) is 36.1 Å². The third-order valence-electron chi connectivity index (χ3n) is 3.12. The summed E-state index contributed by atoms with van der Waals surface area (Å²) in [5.74, 6) is 1.03. The number of hydrogen-bond donors (Lipinski definition) is 1. The zero-order valence-corrected chi connectivity index (χ0v) is 14.5. The number of nitrogens with one attached hydrogen (secondary N) is 1. The summed E-state index contributed by atoms with van der Waals surface area (Å²) in [6, 6.07) is 7.66. The van der Waals surface area contributed by atoms with Crippen molar-refractivity contribution >= 4 is 28.5 Å². The molecule has 1 aromatic carbocycles. The molecule has 1 N–H and O–H groups in total. The lowest BCUT2D eigenvalue weighted by Crippen LogP contribution is -2.07. The van der Waals surface area contributed by atoms with Gasteiger partial charge in [0.1, 0.15) is 5.75 Å². The summed E-state index contributed by atoms with van der Waals surface area (Å²) in [4.78, 5) is 16.3. The highest BCUT2D eigenvalue weighted by Crippen LogP contribution is 2.21. The molecule has 122 valence electrons. The molecular weight excluding hydrogens is 308 g/mol. The minimum absolute atomic E-state index is 0.180. The van der Waals surface area contributed by atoms with Crippen LogP contribution in [-0.4, -0.2) is 17.5 Å². The molecule has 23 heavy (non-hydrogen) atoms. The van der Waals surface area contributed by atoms with Gasteiger partial charge in [-0.2, -0.15) is 0 Å². The van der Waals surface area contributed by atoms with Crippen LogP contribution in [0.25, 0.3) is 6.08 Å². The molecule has 0 bridgehead atoms. The van der Waals surface area contributed by atoms with E-state index in [1.54, 1.807) is 6.08 Å². The Balaban J connectivity index is 1.89. The number of thiazole rings is 1. The van der Waals surface area contributed by atoms with Gasteiger partial charge in [0.2, 0.25) is 5.91 Å². The average Bonchev–Trinajstić information content (AvgIpc) is 3.00. The van der Waals surface area contributed by atoms with Gasteiger partial charge in [-0.15, -0.1) is 11.3 Å². The minimum Gasteiger partial charge on any atom is -0.494 e. The molecule has 0 fully saturated rings. The fourth-order valence-electron chi connectivity index (χ4n) is 1.82. The number of amides is 1. The Morgan fingerprint density at radius 3 is 2.70 bits per heavy atom. The van der Waals surface area contributed by atoms with E-state index in [0.717, 1.165) is 23.4 Å². The second-order valence-electron chi connectivity index (χ2n) is 5.47. The summed E-state index contributed by atoms with van der Waals surface area (Å²) in [5, 5.41) is 5.39. The lowest BCUT2D eigenvalue weighted by Gasteiger charge is -2.04. The Hall–Kier alpha value is -2.14. The first-order valence-electron chi connectivity index (χ1n) is 7.76. The molecule has 1 aromatic heterocycles. The standard InChI is InChI=1S/C18H22N2O2S/c1-4-11-22-15-8-5-14(6-9-15)7-10-17(21)20-18-19-16(12-23-18)13(2)3/h5-10,12-13H,4,11H2,1-3H3,(H,19,20,21)/b10-7+. The number of carbonyl (C=O) groups is 1. The predicted molar refractivity (Wildman–Crippen MR) is 96.1 cm³/mol. The van der Waals surface area contributed by atoms with Crippen LogP contribution in [-0.2, 0) is 4.79 Å². The molecule has 0 aliphatic heterocycles. The number of anilines is 1. The van der Waals surface area contributed by atoms with Gasteiger partial charge in [0, 0.05) is 11.5 Å². The van der Waals surface area contributed by atoms with Crippen LogP contribution in [0.3, 0.4) is 0 Å². The Morgan fingerprint density at radius 2 is 2.09 bits per heavy atom. The van der Waals surface area contributed by atoms with E-state index in [2.05, 4.69) is 31.1 Å². The summed E-state index contributed by atoms with van der Waals surface area (Å²) in [6.07, 6.45) is 4.27. The van der Waals surface area contributed by atoms with Crippen LogP contribution in [0.15, 0.2) is 35.7 Å². The van der Waals surface area contributed by atoms with Crippen LogP contribution >= 0.6 is 11.3 Å². The molecule has 0 unspecified atom stereocenters. The second-order valence-corrected chi connectivity index (χ2v) is 6.33. The molecule has 0 atom stereocenters. The monoisotopic (exact) mass is 330 g/mol. The van der Waals surface area contributed by atoms with E-state index >= 15 is 0 Å². The summed E-state index contributed by atoms with van der Waals surface area (Å²) in [6.45, 7) is 6.94. The fourth-order valence-corrected chi connectivity index (χ4v) is 2.70. The molecule has 0 saturated heterocycles. The van der Waals surface area contributed by atoms with Gasteiger partial charge in [0.25, 0.3) is 0 Å². The van der Waals surface area contributed by atoms with E-state index in [9.17, 15) is 4.79 Å². The number of carbonyl (C=O) groups excluding carboxylic acids is 1. The molecule has 2 aromatic rings. The van der Waals surface area contributed by atoms with Crippen molar-refractivity contribution in [1.29, 1.82) is 0 Å². The Labute approximate surface area is 141 Å². The van der Waals surface area contributed by atoms with Crippen molar-refractivity contribution < 1.29 is 9.53 Å². The molecule has 1 heterocycles. The van der Waals surface area contributed by atoms with Crippen molar-refractivity contribution in [1.82, 2.24) is 4.98 Å². The normalized spacial score (nSPS) is 11.1. The largest absolute Gasteiger partial charge is 0.494 e. The zero-order valence-electron chi connectivity index (χ0n) is 13.7. The summed E-state index contributed by atoms with van der Waals surface area (Å²) in [5.41, 5.74) is 1.95. The molecule has 2 rings (SSSR count). The smallest absolute Gasteiger partial charge is 0.250 e. The van der Waals surface area contributed by atoms with Gasteiger partial charge < -0.3 is 4.74 Å². The first kappa shape index (κ1) is 17.2. The average molecular weight is 330 g/mol. The van der Waals surface area contributed by atoms with Crippen LogP contribution in [0.1, 0.15) is 44.4 Å². The number of aromatic nitrogens is 1. The summed E-state index contributed by atoms with van der Waals surface area (Å²) >= 11 is 1.44. The first-order valence-corrected chi connectivity index (χ1v) is 8.63. The lowest BCUT2D eigenvalue weighted by molar-refractivity contribution is -0.111. The Bertz CT molecular complexity index is 660. The van der Waals surface area contributed by atoms with Crippen molar-refractivity contribution in [3.8, 4) is 5.75 Å². The Morgan fingerprint density at radius 1 is 1.35 bits per heavy atom. The molecule has 0 spiro atoms. The summed E-state index contributed by atoms with van der Waals surface area (Å²) < 4.78 is 5.53. The maximum atomic E-state index is 11.9. The number of rotatable bonds is 7. The van der Waals surface area contributed by atoms with Crippen molar-refractivity contribution in [3.05, 3.63) is 47.0 Å². The topological polar surface area (TPSA) is 51.2 Å². The van der Waals surface area contributed by atoms with Crippen LogP contribution in [0.5, 0.6) is 5.75 Å². The first-order chi connectivity index (χ1) is 11.1. The highest BCUT2D eigenvalue weighted by atomic mass is 32.1. The molecule has 5 heteroatoms. The second kappa shape index (κ2) is 8.48. The van der Waals surface area contributed by atoms with E-state index in [4.69, 9.17) is 4.74 Å². The van der Waals surface area contributed by atoms with Crippen LogP contribution in [0, 0.1) is 0 Å². The predicted octanol–water partition coefficient (Wildman–Crippen LogP) is 4.71. The van der Waals surface area contributed by atoms with E-state index in [0.29, 0.717) is 17.7 Å². The highest BCUT2D eigenvalue weighted by molar-refractivity contribution is 7.14. The SMILES string of the molecule is CCCOc1ccc(/C=C/C(=O)Nc2nc(C(C)C)cs2)cc1. The maximum absolute atomic E-state index is 11.9. The molecule has 1 amide bonds. The van der Waals surface area contributed by atoms with Gasteiger partial charge in [0.15, 0.2) is 5.13 Å². The van der Waals surface area contributed by atoms with Crippen LogP contribution in [0.2, 0.25) is 0 Å². The fraction of sp³-hybridized carbons (Fsp3) is 0.333. The van der Waals surface area contributed by atoms with Crippen molar-refractivity contribution in [2.24, 2.45) is 0 Å². The number of ether oxygens (including phenoxy) is 1. The summed E-state index contributed by atoms with van der Waals surface area (Å²) in [7, 11) is 0. The van der Waals surface area contributed by atoms with Crippen molar-refractivity contribution in [2.75, 3.05) is 11.9 Å². The molecule has 0 radical (unpaired) electrons. The third-order valence-corrected chi connectivity index (χ3v) is 3.90. The molecule has 0 saturated carbocycles. The van der Waals surface area contributed by atoms with E-state index < -0.39 is 0 Å². The van der Waals surface area contributed by atoms with Gasteiger partial charge in [-0.3, -0.25) is 10.1 Å². The third kappa shape index (κ3) is 5.53. The van der Waals surface area contributed by atoms with E-state index in [1.807, 2.05) is 29.6 Å². The van der Waals surface area contributed by atoms with Gasteiger partial charge in [-0.25, -0.2) is 4.98 Å². The molecule has 0 aliphatic carbocycles. The van der Waals surface area contributed by atoms with Crippen molar-refractivity contribution in [2.45, 2.75) is 33.1 Å².